The Balaban J connectivity index is 1.81. The fourth-order valence-corrected chi connectivity index (χ4v) is 2.84. The first kappa shape index (κ1) is 18.3. The van der Waals surface area contributed by atoms with E-state index in [1.807, 2.05) is 19.1 Å². The highest BCUT2D eigenvalue weighted by atomic mass is 16.2. The van der Waals surface area contributed by atoms with Crippen molar-refractivity contribution in [3.05, 3.63) is 35.4 Å². The number of carbonyl (C=O) groups is 2. The van der Waals surface area contributed by atoms with Crippen molar-refractivity contribution in [2.45, 2.75) is 52.0 Å². The van der Waals surface area contributed by atoms with E-state index in [1.165, 1.54) is 5.56 Å². The van der Waals surface area contributed by atoms with Gasteiger partial charge in [0.15, 0.2) is 0 Å². The largest absolute Gasteiger partial charge is 0.341 e. The lowest BCUT2D eigenvalue weighted by atomic mass is 9.86. The molecule has 2 rings (SSSR count). The molecule has 3 amide bonds. The van der Waals surface area contributed by atoms with Gasteiger partial charge in [-0.3, -0.25) is 4.79 Å². The summed E-state index contributed by atoms with van der Waals surface area (Å²) in [6, 6.07) is 7.86. The van der Waals surface area contributed by atoms with E-state index in [4.69, 9.17) is 0 Å². The van der Waals surface area contributed by atoms with E-state index in [0.717, 1.165) is 31.5 Å². The SMILES string of the molecule is CC(NC(=O)NCC(=O)N1CCCC1)c1ccc(C(C)(C)C)cc1. The summed E-state index contributed by atoms with van der Waals surface area (Å²) in [5.41, 5.74) is 2.42. The van der Waals surface area contributed by atoms with Crippen LogP contribution in [0.2, 0.25) is 0 Å². The molecule has 24 heavy (non-hydrogen) atoms. The van der Waals surface area contributed by atoms with Crippen LogP contribution < -0.4 is 10.6 Å². The van der Waals surface area contributed by atoms with Crippen LogP contribution in [-0.2, 0) is 10.2 Å². The molecule has 0 aliphatic carbocycles. The summed E-state index contributed by atoms with van der Waals surface area (Å²) in [5, 5.41) is 5.53. The Labute approximate surface area is 144 Å². The lowest BCUT2D eigenvalue weighted by molar-refractivity contribution is -0.128. The van der Waals surface area contributed by atoms with Crippen LogP contribution in [0, 0.1) is 0 Å². The fraction of sp³-hybridized carbons (Fsp3) is 0.579. The van der Waals surface area contributed by atoms with Gasteiger partial charge >= 0.3 is 6.03 Å². The molecule has 1 aromatic rings. The van der Waals surface area contributed by atoms with Crippen molar-refractivity contribution < 1.29 is 9.59 Å². The number of rotatable bonds is 4. The third kappa shape index (κ3) is 4.98. The van der Waals surface area contributed by atoms with Crippen LogP contribution in [0.15, 0.2) is 24.3 Å². The molecule has 1 saturated heterocycles. The van der Waals surface area contributed by atoms with E-state index in [-0.39, 0.29) is 29.9 Å². The normalized spacial score (nSPS) is 15.9. The monoisotopic (exact) mass is 331 g/mol. The van der Waals surface area contributed by atoms with Gasteiger partial charge in [0.1, 0.15) is 0 Å². The standard InChI is InChI=1S/C19H29N3O2/c1-14(15-7-9-16(10-8-15)19(2,3)4)21-18(24)20-13-17(23)22-11-5-6-12-22/h7-10,14H,5-6,11-13H2,1-4H3,(H2,20,21,24). The molecule has 2 N–H and O–H groups in total. The molecule has 1 heterocycles. The molecule has 0 radical (unpaired) electrons. The molecule has 1 aliphatic heterocycles. The van der Waals surface area contributed by atoms with E-state index in [9.17, 15) is 9.59 Å². The predicted molar refractivity (Wildman–Crippen MR) is 95.9 cm³/mol. The highest BCUT2D eigenvalue weighted by molar-refractivity contribution is 5.84. The molecule has 1 aromatic carbocycles. The van der Waals surface area contributed by atoms with Crippen molar-refractivity contribution in [1.29, 1.82) is 0 Å². The maximum absolute atomic E-state index is 12.0. The Bertz CT molecular complexity index is 569. The fourth-order valence-electron chi connectivity index (χ4n) is 2.84. The Morgan fingerprint density at radius 3 is 2.25 bits per heavy atom. The molecular formula is C19H29N3O2. The summed E-state index contributed by atoms with van der Waals surface area (Å²) in [4.78, 5) is 25.7. The van der Waals surface area contributed by atoms with Crippen LogP contribution in [0.5, 0.6) is 0 Å². The van der Waals surface area contributed by atoms with Crippen LogP contribution in [0.4, 0.5) is 4.79 Å². The molecule has 132 valence electrons. The number of hydrogen-bond acceptors (Lipinski definition) is 2. The van der Waals surface area contributed by atoms with Crippen molar-refractivity contribution in [1.82, 2.24) is 15.5 Å². The summed E-state index contributed by atoms with van der Waals surface area (Å²) in [7, 11) is 0. The number of carbonyl (C=O) groups excluding carboxylic acids is 2. The summed E-state index contributed by atoms with van der Waals surface area (Å²) < 4.78 is 0. The number of hydrogen-bond donors (Lipinski definition) is 2. The van der Waals surface area contributed by atoms with Crippen molar-refractivity contribution >= 4 is 11.9 Å². The Kier molecular flexibility index (Phi) is 5.86. The van der Waals surface area contributed by atoms with Crippen LogP contribution in [0.25, 0.3) is 0 Å². The van der Waals surface area contributed by atoms with Crippen molar-refractivity contribution in [2.24, 2.45) is 0 Å². The second kappa shape index (κ2) is 7.69. The van der Waals surface area contributed by atoms with Gasteiger partial charge < -0.3 is 15.5 Å². The molecule has 1 fully saturated rings. The highest BCUT2D eigenvalue weighted by Gasteiger charge is 2.19. The van der Waals surface area contributed by atoms with Gasteiger partial charge in [-0.1, -0.05) is 45.0 Å². The van der Waals surface area contributed by atoms with Gasteiger partial charge in [-0.15, -0.1) is 0 Å². The van der Waals surface area contributed by atoms with Gasteiger partial charge in [0.05, 0.1) is 12.6 Å². The Morgan fingerprint density at radius 1 is 1.12 bits per heavy atom. The Morgan fingerprint density at radius 2 is 1.71 bits per heavy atom. The second-order valence-corrected chi connectivity index (χ2v) is 7.51. The molecule has 0 aromatic heterocycles. The number of likely N-dealkylation sites (tertiary alicyclic amines) is 1. The molecule has 0 spiro atoms. The third-order valence-electron chi connectivity index (χ3n) is 4.48. The van der Waals surface area contributed by atoms with Gasteiger partial charge in [-0.05, 0) is 36.3 Å². The summed E-state index contributed by atoms with van der Waals surface area (Å²) >= 11 is 0. The minimum absolute atomic E-state index is 0.00941. The number of urea groups is 1. The molecule has 0 bridgehead atoms. The minimum atomic E-state index is -0.310. The van der Waals surface area contributed by atoms with Crippen molar-refractivity contribution in [3.8, 4) is 0 Å². The first-order valence-corrected chi connectivity index (χ1v) is 8.70. The lowest BCUT2D eigenvalue weighted by Gasteiger charge is -2.21. The van der Waals surface area contributed by atoms with Gasteiger partial charge in [0.2, 0.25) is 5.91 Å². The highest BCUT2D eigenvalue weighted by Crippen LogP contribution is 2.23. The zero-order valence-electron chi connectivity index (χ0n) is 15.2. The molecule has 1 aliphatic rings. The minimum Gasteiger partial charge on any atom is -0.341 e. The summed E-state index contributed by atoms with van der Waals surface area (Å²) in [5.74, 6) is -0.00941. The molecule has 5 heteroatoms. The predicted octanol–water partition coefficient (Wildman–Crippen LogP) is 2.97. The van der Waals surface area contributed by atoms with E-state index < -0.39 is 0 Å². The number of nitrogens with one attached hydrogen (secondary N) is 2. The Hall–Kier alpha value is -2.04. The zero-order chi connectivity index (χ0) is 17.7. The van der Waals surface area contributed by atoms with Gasteiger partial charge in [-0.25, -0.2) is 4.79 Å². The average molecular weight is 331 g/mol. The zero-order valence-corrected chi connectivity index (χ0v) is 15.2. The van der Waals surface area contributed by atoms with Crippen LogP contribution >= 0.6 is 0 Å². The van der Waals surface area contributed by atoms with Crippen molar-refractivity contribution in [2.75, 3.05) is 19.6 Å². The smallest absolute Gasteiger partial charge is 0.315 e. The molecule has 1 atom stereocenters. The number of benzene rings is 1. The number of amides is 3. The van der Waals surface area contributed by atoms with Gasteiger partial charge in [0, 0.05) is 13.1 Å². The van der Waals surface area contributed by atoms with Crippen LogP contribution in [0.1, 0.15) is 57.7 Å². The lowest BCUT2D eigenvalue weighted by Crippen LogP contribution is -2.43. The molecule has 5 nitrogen and oxygen atoms in total. The average Bonchev–Trinajstić information content (AvgIpc) is 3.06. The molecule has 1 unspecified atom stereocenters. The summed E-state index contributed by atoms with van der Waals surface area (Å²) in [6.45, 7) is 10.1. The van der Waals surface area contributed by atoms with Crippen molar-refractivity contribution in [3.63, 3.8) is 0 Å². The van der Waals surface area contributed by atoms with E-state index >= 15 is 0 Å². The van der Waals surface area contributed by atoms with E-state index in [0.29, 0.717) is 0 Å². The quantitative estimate of drug-likeness (QED) is 0.891. The first-order valence-electron chi connectivity index (χ1n) is 8.70. The van der Waals surface area contributed by atoms with Gasteiger partial charge in [0.25, 0.3) is 0 Å². The maximum atomic E-state index is 12.0. The summed E-state index contributed by atoms with van der Waals surface area (Å²) in [6.07, 6.45) is 2.11. The molecule has 0 saturated carbocycles. The molecular weight excluding hydrogens is 302 g/mol. The van der Waals surface area contributed by atoms with Gasteiger partial charge in [-0.2, -0.15) is 0 Å². The van der Waals surface area contributed by atoms with E-state index in [2.05, 4.69) is 43.5 Å². The van der Waals surface area contributed by atoms with Crippen LogP contribution in [0.3, 0.4) is 0 Å². The first-order chi connectivity index (χ1) is 11.3. The third-order valence-corrected chi connectivity index (χ3v) is 4.48. The second-order valence-electron chi connectivity index (χ2n) is 7.51. The van der Waals surface area contributed by atoms with Crippen LogP contribution in [-0.4, -0.2) is 36.5 Å². The maximum Gasteiger partial charge on any atom is 0.315 e. The van der Waals surface area contributed by atoms with E-state index in [1.54, 1.807) is 4.90 Å². The number of nitrogens with zero attached hydrogens (tertiary/aromatic N) is 1. The topological polar surface area (TPSA) is 61.4 Å².